The van der Waals surface area contributed by atoms with E-state index in [1.54, 1.807) is 12.3 Å². The quantitative estimate of drug-likeness (QED) is 0.852. The number of nitriles is 1. The van der Waals surface area contributed by atoms with Crippen molar-refractivity contribution in [3.05, 3.63) is 53.7 Å². The average Bonchev–Trinajstić information content (AvgIpc) is 2.62. The van der Waals surface area contributed by atoms with Crippen molar-refractivity contribution < 1.29 is 0 Å². The minimum absolute atomic E-state index is 0.452. The Bertz CT molecular complexity index is 664. The van der Waals surface area contributed by atoms with E-state index < -0.39 is 0 Å². The summed E-state index contributed by atoms with van der Waals surface area (Å²) >= 11 is 0. The molecular weight excluding hydrogens is 270 g/mol. The molecule has 1 atom stereocenters. The highest BCUT2D eigenvalue weighted by atomic mass is 15.2. The van der Waals surface area contributed by atoms with Gasteiger partial charge < -0.3 is 0 Å². The number of aromatic nitrogens is 1. The summed E-state index contributed by atoms with van der Waals surface area (Å²) in [6.45, 7) is 4.67. The maximum atomic E-state index is 9.20. The molecule has 0 aliphatic carbocycles. The van der Waals surface area contributed by atoms with E-state index in [0.29, 0.717) is 11.6 Å². The summed E-state index contributed by atoms with van der Waals surface area (Å²) in [4.78, 5) is 6.91. The summed E-state index contributed by atoms with van der Waals surface area (Å²) in [5.41, 5.74) is 3.73. The Balaban J connectivity index is 1.82. The van der Waals surface area contributed by atoms with Crippen molar-refractivity contribution in [1.29, 1.82) is 5.26 Å². The maximum Gasteiger partial charge on any atom is 0.101 e. The first-order chi connectivity index (χ1) is 10.8. The molecule has 2 aromatic rings. The first-order valence-corrected chi connectivity index (χ1v) is 7.99. The van der Waals surface area contributed by atoms with Crippen LogP contribution < -0.4 is 0 Å². The Kier molecular flexibility index (Phi) is 4.50. The van der Waals surface area contributed by atoms with E-state index >= 15 is 0 Å². The van der Waals surface area contributed by atoms with E-state index in [2.05, 4.69) is 47.1 Å². The molecule has 0 saturated carbocycles. The van der Waals surface area contributed by atoms with Crippen molar-refractivity contribution >= 4 is 0 Å². The molecule has 0 spiro atoms. The zero-order chi connectivity index (χ0) is 15.4. The Morgan fingerprint density at radius 1 is 1.09 bits per heavy atom. The van der Waals surface area contributed by atoms with Crippen LogP contribution in [0.3, 0.4) is 0 Å². The molecule has 3 rings (SSSR count). The van der Waals surface area contributed by atoms with Gasteiger partial charge in [-0.3, -0.25) is 9.88 Å². The van der Waals surface area contributed by atoms with Gasteiger partial charge in [0.25, 0.3) is 0 Å². The van der Waals surface area contributed by atoms with Crippen LogP contribution in [-0.4, -0.2) is 23.0 Å². The fourth-order valence-corrected chi connectivity index (χ4v) is 3.16. The van der Waals surface area contributed by atoms with Gasteiger partial charge in [-0.25, -0.2) is 0 Å². The average molecular weight is 291 g/mol. The van der Waals surface area contributed by atoms with Gasteiger partial charge in [0.1, 0.15) is 6.07 Å². The maximum absolute atomic E-state index is 9.20. The summed E-state index contributed by atoms with van der Waals surface area (Å²) in [5.74, 6) is 0. The van der Waals surface area contributed by atoms with Gasteiger partial charge in [-0.2, -0.15) is 5.26 Å². The summed E-state index contributed by atoms with van der Waals surface area (Å²) in [6, 6.07) is 14.8. The first kappa shape index (κ1) is 14.7. The van der Waals surface area contributed by atoms with Crippen LogP contribution in [0.15, 0.2) is 42.6 Å². The van der Waals surface area contributed by atoms with Gasteiger partial charge >= 0.3 is 0 Å². The molecule has 0 bridgehead atoms. The predicted molar refractivity (Wildman–Crippen MR) is 88.2 cm³/mol. The number of hydrogen-bond acceptors (Lipinski definition) is 3. The number of piperidine rings is 1. The van der Waals surface area contributed by atoms with Crippen molar-refractivity contribution in [2.45, 2.75) is 32.2 Å². The van der Waals surface area contributed by atoms with Crippen LogP contribution in [0.4, 0.5) is 0 Å². The van der Waals surface area contributed by atoms with Crippen LogP contribution >= 0.6 is 0 Å². The topological polar surface area (TPSA) is 39.9 Å². The van der Waals surface area contributed by atoms with Crippen molar-refractivity contribution in [3.63, 3.8) is 0 Å². The van der Waals surface area contributed by atoms with Gasteiger partial charge in [-0.1, -0.05) is 30.7 Å². The second-order valence-electron chi connectivity index (χ2n) is 5.91. The lowest BCUT2D eigenvalue weighted by molar-refractivity contribution is 0.175. The number of benzene rings is 1. The van der Waals surface area contributed by atoms with E-state index in [1.807, 2.05) is 6.07 Å². The van der Waals surface area contributed by atoms with Crippen molar-refractivity contribution in [3.8, 4) is 17.3 Å². The highest BCUT2D eigenvalue weighted by Gasteiger charge is 2.18. The summed E-state index contributed by atoms with van der Waals surface area (Å²) in [5, 5.41) is 9.20. The summed E-state index contributed by atoms with van der Waals surface area (Å²) in [7, 11) is 0. The van der Waals surface area contributed by atoms with Gasteiger partial charge in [0, 0.05) is 17.8 Å². The van der Waals surface area contributed by atoms with Gasteiger partial charge in [0.2, 0.25) is 0 Å². The van der Waals surface area contributed by atoms with Crippen molar-refractivity contribution in [2.24, 2.45) is 0 Å². The molecule has 1 aromatic carbocycles. The lowest BCUT2D eigenvalue weighted by atomic mass is 10.00. The van der Waals surface area contributed by atoms with E-state index in [-0.39, 0.29) is 0 Å². The molecule has 1 aliphatic heterocycles. The van der Waals surface area contributed by atoms with Crippen LogP contribution in [0.1, 0.15) is 43.4 Å². The van der Waals surface area contributed by atoms with Crippen molar-refractivity contribution in [1.82, 2.24) is 9.88 Å². The van der Waals surface area contributed by atoms with E-state index in [1.165, 1.54) is 37.9 Å². The standard InChI is InChI=1S/C19H21N3/c1-15(22-12-3-2-4-13-22)16-7-9-17(10-8-16)19-18(14-20)6-5-11-21-19/h5-11,15H,2-4,12-13H2,1H3/t15-/m0/s1. The largest absolute Gasteiger partial charge is 0.297 e. The third-order valence-corrected chi connectivity index (χ3v) is 4.53. The highest BCUT2D eigenvalue weighted by Crippen LogP contribution is 2.27. The van der Waals surface area contributed by atoms with Crippen molar-refractivity contribution in [2.75, 3.05) is 13.1 Å². The highest BCUT2D eigenvalue weighted by molar-refractivity contribution is 5.66. The number of rotatable bonds is 3. The molecule has 3 nitrogen and oxygen atoms in total. The molecular formula is C19H21N3. The summed E-state index contributed by atoms with van der Waals surface area (Å²) < 4.78 is 0. The van der Waals surface area contributed by atoms with Crippen LogP contribution in [0.5, 0.6) is 0 Å². The molecule has 3 heteroatoms. The summed E-state index contributed by atoms with van der Waals surface area (Å²) in [6.07, 6.45) is 5.71. The Hall–Kier alpha value is -2.18. The molecule has 0 N–H and O–H groups in total. The van der Waals surface area contributed by atoms with Gasteiger partial charge in [0.15, 0.2) is 0 Å². The van der Waals surface area contributed by atoms with Gasteiger partial charge in [-0.05, 0) is 50.6 Å². The van der Waals surface area contributed by atoms with E-state index in [4.69, 9.17) is 0 Å². The SMILES string of the molecule is C[C@@H](c1ccc(-c2ncccc2C#N)cc1)N1CCCCC1. The lowest BCUT2D eigenvalue weighted by Crippen LogP contribution is -2.32. The lowest BCUT2D eigenvalue weighted by Gasteiger charge is -2.32. The van der Waals surface area contributed by atoms with Gasteiger partial charge in [0.05, 0.1) is 11.3 Å². The number of hydrogen-bond donors (Lipinski definition) is 0. The van der Waals surface area contributed by atoms with E-state index in [0.717, 1.165) is 11.3 Å². The fraction of sp³-hybridized carbons (Fsp3) is 0.368. The molecule has 1 saturated heterocycles. The second kappa shape index (κ2) is 6.72. The Morgan fingerprint density at radius 3 is 2.50 bits per heavy atom. The Labute approximate surface area is 132 Å². The molecule has 22 heavy (non-hydrogen) atoms. The minimum atomic E-state index is 0.452. The number of likely N-dealkylation sites (tertiary alicyclic amines) is 1. The monoisotopic (exact) mass is 291 g/mol. The van der Waals surface area contributed by atoms with Gasteiger partial charge in [-0.15, -0.1) is 0 Å². The smallest absolute Gasteiger partial charge is 0.101 e. The minimum Gasteiger partial charge on any atom is -0.297 e. The molecule has 1 aliphatic rings. The first-order valence-electron chi connectivity index (χ1n) is 7.99. The third-order valence-electron chi connectivity index (χ3n) is 4.53. The number of pyridine rings is 1. The van der Waals surface area contributed by atoms with Crippen LogP contribution in [0.2, 0.25) is 0 Å². The predicted octanol–water partition coefficient (Wildman–Crippen LogP) is 4.17. The Morgan fingerprint density at radius 2 is 1.82 bits per heavy atom. The molecule has 1 aromatic heterocycles. The molecule has 0 radical (unpaired) electrons. The second-order valence-corrected chi connectivity index (χ2v) is 5.91. The van der Waals surface area contributed by atoms with Crippen LogP contribution in [0.25, 0.3) is 11.3 Å². The van der Waals surface area contributed by atoms with E-state index in [9.17, 15) is 5.26 Å². The van der Waals surface area contributed by atoms with Crippen LogP contribution in [0, 0.1) is 11.3 Å². The molecule has 2 heterocycles. The third kappa shape index (κ3) is 3.03. The molecule has 0 unspecified atom stereocenters. The number of nitrogens with zero attached hydrogens (tertiary/aromatic N) is 3. The normalized spacial score (nSPS) is 16.9. The fourth-order valence-electron chi connectivity index (χ4n) is 3.16. The van der Waals surface area contributed by atoms with Crippen LogP contribution in [-0.2, 0) is 0 Å². The molecule has 1 fully saturated rings. The zero-order valence-corrected chi connectivity index (χ0v) is 13.0. The molecule has 0 amide bonds. The zero-order valence-electron chi connectivity index (χ0n) is 13.0. The molecule has 112 valence electrons.